The van der Waals surface area contributed by atoms with Crippen LogP contribution >= 0.6 is 0 Å². The molecule has 0 atom stereocenters. The smallest absolute Gasteiger partial charge is 0.355 e. The summed E-state index contributed by atoms with van der Waals surface area (Å²) in [5.41, 5.74) is 2.85. The molecule has 0 unspecified atom stereocenters. The zero-order valence-electron chi connectivity index (χ0n) is 17.4. The minimum Gasteiger partial charge on any atom is -0.461 e. The molecule has 8 nitrogen and oxygen atoms in total. The number of allylic oxidation sites excluding steroid dienone is 1. The van der Waals surface area contributed by atoms with Gasteiger partial charge < -0.3 is 14.6 Å². The van der Waals surface area contributed by atoms with Crippen LogP contribution in [0.15, 0.2) is 41.8 Å². The van der Waals surface area contributed by atoms with E-state index in [4.69, 9.17) is 9.88 Å². The molecule has 1 aromatic carbocycles. The largest absolute Gasteiger partial charge is 0.461 e. The van der Waals surface area contributed by atoms with Crippen LogP contribution in [0.3, 0.4) is 0 Å². The molecule has 3 N–H and O–H groups in total. The van der Waals surface area contributed by atoms with Crippen LogP contribution in [0, 0.1) is 13.8 Å². The summed E-state index contributed by atoms with van der Waals surface area (Å²) in [7, 11) is -3.73. The number of esters is 1. The molecule has 0 aliphatic carbocycles. The van der Waals surface area contributed by atoms with Gasteiger partial charge >= 0.3 is 5.97 Å². The van der Waals surface area contributed by atoms with Gasteiger partial charge in [-0.3, -0.25) is 4.79 Å². The zero-order valence-corrected chi connectivity index (χ0v) is 18.2. The maximum absolute atomic E-state index is 12.8. The molecule has 0 fully saturated rings. The number of ether oxygens (including phenoxy) is 1. The highest BCUT2D eigenvalue weighted by Crippen LogP contribution is 2.23. The topological polar surface area (TPSA) is 120 Å². The minimum absolute atomic E-state index is 0.0385. The van der Waals surface area contributed by atoms with Crippen molar-refractivity contribution in [3.63, 3.8) is 0 Å². The van der Waals surface area contributed by atoms with Crippen molar-refractivity contribution in [1.82, 2.24) is 9.88 Å². The number of carbonyl (C=O) groups excluding carboxylic acids is 2. The fourth-order valence-corrected chi connectivity index (χ4v) is 3.82. The fourth-order valence-electron chi connectivity index (χ4n) is 3.30. The molecule has 30 heavy (non-hydrogen) atoms. The molecular formula is C21H27N3O5S. The Morgan fingerprint density at radius 1 is 1.23 bits per heavy atom. The van der Waals surface area contributed by atoms with Crippen molar-refractivity contribution in [3.8, 4) is 0 Å². The van der Waals surface area contributed by atoms with Crippen molar-refractivity contribution in [1.29, 1.82) is 0 Å². The average molecular weight is 434 g/mol. The Morgan fingerprint density at radius 3 is 2.40 bits per heavy atom. The number of nitrogens with two attached hydrogens (primary N) is 1. The second-order valence-corrected chi connectivity index (χ2v) is 8.31. The van der Waals surface area contributed by atoms with Crippen molar-refractivity contribution in [2.45, 2.75) is 38.6 Å². The predicted octanol–water partition coefficient (Wildman–Crippen LogP) is 2.09. The lowest BCUT2D eigenvalue weighted by Gasteiger charge is -2.09. The first-order valence-corrected chi connectivity index (χ1v) is 11.0. The molecule has 162 valence electrons. The summed E-state index contributed by atoms with van der Waals surface area (Å²) in [6, 6.07) is 6.17. The molecule has 0 aliphatic rings. The lowest BCUT2D eigenvalue weighted by atomic mass is 10.1. The van der Waals surface area contributed by atoms with Gasteiger partial charge in [-0.05, 0) is 50.5 Å². The van der Waals surface area contributed by atoms with Gasteiger partial charge in [-0.1, -0.05) is 18.2 Å². The lowest BCUT2D eigenvalue weighted by Crippen LogP contribution is -2.26. The van der Waals surface area contributed by atoms with Crippen LogP contribution in [0.5, 0.6) is 0 Å². The number of sulfonamides is 1. The van der Waals surface area contributed by atoms with Gasteiger partial charge in [0.1, 0.15) is 5.69 Å². The normalized spacial score (nSPS) is 11.2. The summed E-state index contributed by atoms with van der Waals surface area (Å²) >= 11 is 0. The van der Waals surface area contributed by atoms with Crippen molar-refractivity contribution in [2.24, 2.45) is 5.14 Å². The van der Waals surface area contributed by atoms with Crippen LogP contribution in [0.2, 0.25) is 0 Å². The van der Waals surface area contributed by atoms with E-state index in [9.17, 15) is 18.0 Å². The van der Waals surface area contributed by atoms with Crippen molar-refractivity contribution >= 4 is 21.9 Å². The maximum Gasteiger partial charge on any atom is 0.355 e. The fraction of sp³-hybridized carbons (Fsp3) is 0.333. The van der Waals surface area contributed by atoms with Gasteiger partial charge in [-0.15, -0.1) is 6.58 Å². The Morgan fingerprint density at radius 2 is 1.87 bits per heavy atom. The molecule has 0 saturated carbocycles. The number of hydrogen-bond donors (Lipinski definition) is 2. The molecule has 2 aromatic rings. The standard InChI is InChI=1S/C21H27N3O5S/c1-5-13-24-15(4)18(14(3)19(24)21(26)29-6-2)20(25)23-12-11-16-7-9-17(10-8-16)30(22,27)28/h5,7-10H,1,6,11-13H2,2-4H3,(H,23,25)(H2,22,27,28). The van der Waals surface area contributed by atoms with Crippen molar-refractivity contribution in [2.75, 3.05) is 13.2 Å². The molecule has 9 heteroatoms. The van der Waals surface area contributed by atoms with Gasteiger partial charge in [0.2, 0.25) is 10.0 Å². The van der Waals surface area contributed by atoms with Crippen LogP contribution in [0.4, 0.5) is 0 Å². The SMILES string of the molecule is C=CCn1c(C)c(C(=O)NCCc2ccc(S(N)(=O)=O)cc2)c(C)c1C(=O)OCC. The third-order valence-electron chi connectivity index (χ3n) is 4.73. The van der Waals surface area contributed by atoms with E-state index in [0.29, 0.717) is 42.0 Å². The number of rotatable bonds is 9. The van der Waals surface area contributed by atoms with Crippen LogP contribution in [0.1, 0.15) is 44.6 Å². The molecule has 0 saturated heterocycles. The van der Waals surface area contributed by atoms with Gasteiger partial charge in [0.25, 0.3) is 5.91 Å². The number of primary sulfonamides is 1. The molecule has 2 rings (SSSR count). The Labute approximate surface area is 176 Å². The molecule has 1 aromatic heterocycles. The van der Waals surface area contributed by atoms with Gasteiger partial charge in [-0.2, -0.15) is 0 Å². The van der Waals surface area contributed by atoms with E-state index in [1.165, 1.54) is 12.1 Å². The Kier molecular flexibility index (Phi) is 7.58. The van der Waals surface area contributed by atoms with E-state index < -0.39 is 16.0 Å². The van der Waals surface area contributed by atoms with Gasteiger partial charge in [0.05, 0.1) is 17.1 Å². The number of carbonyl (C=O) groups is 2. The van der Waals surface area contributed by atoms with Crippen LogP contribution < -0.4 is 10.5 Å². The summed E-state index contributed by atoms with van der Waals surface area (Å²) in [4.78, 5) is 25.2. The van der Waals surface area contributed by atoms with E-state index in [-0.39, 0.29) is 17.4 Å². The van der Waals surface area contributed by atoms with E-state index in [1.807, 2.05) is 0 Å². The summed E-state index contributed by atoms with van der Waals surface area (Å²) in [5.74, 6) is -0.770. The van der Waals surface area contributed by atoms with Crippen LogP contribution in [0.25, 0.3) is 0 Å². The average Bonchev–Trinajstić information content (AvgIpc) is 2.92. The molecule has 0 radical (unpaired) electrons. The predicted molar refractivity (Wildman–Crippen MR) is 114 cm³/mol. The highest BCUT2D eigenvalue weighted by Gasteiger charge is 2.26. The molecule has 1 heterocycles. The summed E-state index contributed by atoms with van der Waals surface area (Å²) < 4.78 is 29.5. The van der Waals surface area contributed by atoms with Crippen molar-refractivity contribution in [3.05, 3.63) is 65.0 Å². The van der Waals surface area contributed by atoms with E-state index in [0.717, 1.165) is 5.56 Å². The van der Waals surface area contributed by atoms with E-state index >= 15 is 0 Å². The Bertz CT molecular complexity index is 1050. The third kappa shape index (κ3) is 5.17. The first-order chi connectivity index (χ1) is 14.1. The van der Waals surface area contributed by atoms with Gasteiger partial charge in [0.15, 0.2) is 0 Å². The molecule has 1 amide bonds. The second-order valence-electron chi connectivity index (χ2n) is 6.75. The minimum atomic E-state index is -3.73. The Balaban J connectivity index is 2.16. The number of amides is 1. The molecule has 0 aliphatic heterocycles. The molecule has 0 bridgehead atoms. The first-order valence-electron chi connectivity index (χ1n) is 9.49. The van der Waals surface area contributed by atoms with E-state index in [1.54, 1.807) is 43.5 Å². The van der Waals surface area contributed by atoms with Crippen molar-refractivity contribution < 1.29 is 22.7 Å². The molecule has 0 spiro atoms. The first kappa shape index (κ1) is 23.4. The highest BCUT2D eigenvalue weighted by atomic mass is 32.2. The maximum atomic E-state index is 12.8. The summed E-state index contributed by atoms with van der Waals surface area (Å²) in [5, 5.41) is 7.94. The Hall–Kier alpha value is -2.91. The summed E-state index contributed by atoms with van der Waals surface area (Å²) in [6.45, 7) is 9.90. The van der Waals surface area contributed by atoms with Gasteiger partial charge in [-0.25, -0.2) is 18.4 Å². The lowest BCUT2D eigenvalue weighted by molar-refractivity contribution is 0.0513. The summed E-state index contributed by atoms with van der Waals surface area (Å²) in [6.07, 6.45) is 2.16. The monoisotopic (exact) mass is 433 g/mol. The zero-order chi connectivity index (χ0) is 22.5. The second kappa shape index (κ2) is 9.73. The number of aromatic nitrogens is 1. The van der Waals surface area contributed by atoms with Crippen LogP contribution in [-0.4, -0.2) is 38.0 Å². The van der Waals surface area contributed by atoms with E-state index in [2.05, 4.69) is 11.9 Å². The highest BCUT2D eigenvalue weighted by molar-refractivity contribution is 7.89. The quantitative estimate of drug-likeness (QED) is 0.463. The number of nitrogens with zero attached hydrogens (tertiary/aromatic N) is 1. The third-order valence-corrected chi connectivity index (χ3v) is 5.65. The number of benzene rings is 1. The van der Waals surface area contributed by atoms with Gasteiger partial charge in [0, 0.05) is 18.8 Å². The number of nitrogens with one attached hydrogen (secondary N) is 1. The van der Waals surface area contributed by atoms with Crippen LogP contribution in [-0.2, 0) is 27.7 Å². The molecular weight excluding hydrogens is 406 g/mol. The number of hydrogen-bond acceptors (Lipinski definition) is 5.